The van der Waals surface area contributed by atoms with Gasteiger partial charge < -0.3 is 14.4 Å². The smallest absolute Gasteiger partial charge is 0.328 e. The molecule has 6 nitrogen and oxygen atoms in total. The van der Waals surface area contributed by atoms with E-state index in [-0.39, 0.29) is 0 Å². The number of esters is 1. The number of carbonyl (C=O) groups is 3. The van der Waals surface area contributed by atoms with Crippen LogP contribution in [0.1, 0.15) is 71.1 Å². The second-order valence-corrected chi connectivity index (χ2v) is 9.45. The van der Waals surface area contributed by atoms with Gasteiger partial charge in [-0.1, -0.05) is 29.8 Å². The Kier molecular flexibility index (Phi) is 9.47. The molecule has 0 aromatic heterocycles. The number of amides is 1. The van der Waals surface area contributed by atoms with Gasteiger partial charge in [0.15, 0.2) is 0 Å². The first kappa shape index (κ1) is 26.5. The maximum absolute atomic E-state index is 13.1. The summed E-state index contributed by atoms with van der Waals surface area (Å²) in [5.41, 5.74) is 4.47. The van der Waals surface area contributed by atoms with Crippen molar-refractivity contribution in [3.63, 3.8) is 0 Å². The standard InChI is InChI=1S/C29H37NO5/c1-20-12-14-23(15-13-20)10-6-5-9-17-35-29(33)25-11-7-8-16-30(25)28(32)26(31)24-18-21(2)27(34-4)22(3)19-24/h12-15,18-19,25H,5-11,16-17H2,1-4H3. The van der Waals surface area contributed by atoms with Crippen LogP contribution in [-0.4, -0.2) is 48.9 Å². The van der Waals surface area contributed by atoms with E-state index in [2.05, 4.69) is 31.2 Å². The van der Waals surface area contributed by atoms with E-state index in [9.17, 15) is 14.4 Å². The molecule has 3 rings (SSSR count). The number of methoxy groups -OCH3 is 1. The van der Waals surface area contributed by atoms with Gasteiger partial charge in [-0.25, -0.2) is 4.79 Å². The lowest BCUT2D eigenvalue weighted by Crippen LogP contribution is -2.51. The Hall–Kier alpha value is -3.15. The summed E-state index contributed by atoms with van der Waals surface area (Å²) in [4.78, 5) is 40.3. The average Bonchev–Trinajstić information content (AvgIpc) is 2.86. The second-order valence-electron chi connectivity index (χ2n) is 9.45. The largest absolute Gasteiger partial charge is 0.496 e. The molecule has 0 N–H and O–H groups in total. The minimum Gasteiger partial charge on any atom is -0.496 e. The van der Waals surface area contributed by atoms with Crippen molar-refractivity contribution in [1.82, 2.24) is 4.90 Å². The van der Waals surface area contributed by atoms with Crippen LogP contribution >= 0.6 is 0 Å². The predicted octanol–water partition coefficient (Wildman–Crippen LogP) is 5.14. The van der Waals surface area contributed by atoms with Crippen molar-refractivity contribution in [2.75, 3.05) is 20.3 Å². The van der Waals surface area contributed by atoms with Crippen LogP contribution in [-0.2, 0) is 20.7 Å². The summed E-state index contributed by atoms with van der Waals surface area (Å²) >= 11 is 0. The van der Waals surface area contributed by atoms with Gasteiger partial charge in [-0.2, -0.15) is 0 Å². The summed E-state index contributed by atoms with van der Waals surface area (Å²) in [6.07, 6.45) is 5.89. The molecule has 1 unspecified atom stereocenters. The maximum atomic E-state index is 13.1. The minimum atomic E-state index is -0.701. The number of ether oxygens (including phenoxy) is 2. The highest BCUT2D eigenvalue weighted by Crippen LogP contribution is 2.26. The summed E-state index contributed by atoms with van der Waals surface area (Å²) in [6, 6.07) is 11.2. The van der Waals surface area contributed by atoms with E-state index in [1.807, 2.05) is 13.8 Å². The van der Waals surface area contributed by atoms with Crippen LogP contribution in [0.25, 0.3) is 0 Å². The van der Waals surface area contributed by atoms with Crippen molar-refractivity contribution in [2.45, 2.75) is 71.8 Å². The molecule has 188 valence electrons. The SMILES string of the molecule is COc1c(C)cc(C(=O)C(=O)N2CCCCC2C(=O)OCCCCCc2ccc(C)cc2)cc1C. The Balaban J connectivity index is 1.51. The van der Waals surface area contributed by atoms with Gasteiger partial charge in [-0.15, -0.1) is 0 Å². The van der Waals surface area contributed by atoms with Gasteiger partial charge in [0.25, 0.3) is 5.91 Å². The Morgan fingerprint density at radius 3 is 2.29 bits per heavy atom. The van der Waals surface area contributed by atoms with Crippen LogP contribution in [0, 0.1) is 20.8 Å². The molecule has 1 saturated heterocycles. The second kappa shape index (κ2) is 12.5. The lowest BCUT2D eigenvalue weighted by molar-refractivity contribution is -0.155. The molecule has 1 atom stereocenters. The van der Waals surface area contributed by atoms with Gasteiger partial charge in [-0.3, -0.25) is 9.59 Å². The molecule has 1 amide bonds. The first-order chi connectivity index (χ1) is 16.8. The summed E-state index contributed by atoms with van der Waals surface area (Å²) in [7, 11) is 1.58. The fourth-order valence-electron chi connectivity index (χ4n) is 4.71. The number of nitrogens with zero attached hydrogens (tertiary/aromatic N) is 1. The molecule has 6 heteroatoms. The number of aryl methyl sites for hydroxylation is 4. The maximum Gasteiger partial charge on any atom is 0.328 e. The molecule has 0 spiro atoms. The summed E-state index contributed by atoms with van der Waals surface area (Å²) in [6.45, 7) is 6.48. The molecule has 1 aliphatic heterocycles. The van der Waals surface area contributed by atoms with E-state index in [4.69, 9.17) is 9.47 Å². The Morgan fingerprint density at radius 1 is 0.943 bits per heavy atom. The summed E-state index contributed by atoms with van der Waals surface area (Å²) in [5.74, 6) is -0.956. The first-order valence-corrected chi connectivity index (χ1v) is 12.5. The van der Waals surface area contributed by atoms with Gasteiger partial charge in [0, 0.05) is 12.1 Å². The van der Waals surface area contributed by atoms with Crippen LogP contribution in [0.5, 0.6) is 5.75 Å². The number of piperidine rings is 1. The average molecular weight is 480 g/mol. The number of likely N-dealkylation sites (tertiary alicyclic amines) is 1. The molecule has 1 aliphatic rings. The third-order valence-electron chi connectivity index (χ3n) is 6.63. The number of Topliss-reactive ketones (excluding diaryl/α,β-unsaturated/α-hetero) is 1. The predicted molar refractivity (Wildman–Crippen MR) is 136 cm³/mol. The van der Waals surface area contributed by atoms with E-state index in [1.165, 1.54) is 16.0 Å². The zero-order chi connectivity index (χ0) is 25.4. The third kappa shape index (κ3) is 6.93. The molecule has 1 heterocycles. The monoisotopic (exact) mass is 479 g/mol. The van der Waals surface area contributed by atoms with Crippen LogP contribution in [0.4, 0.5) is 0 Å². The lowest BCUT2D eigenvalue weighted by atomic mass is 9.98. The van der Waals surface area contributed by atoms with Crippen molar-refractivity contribution in [3.8, 4) is 5.75 Å². The fourth-order valence-corrected chi connectivity index (χ4v) is 4.71. The third-order valence-corrected chi connectivity index (χ3v) is 6.63. The van der Waals surface area contributed by atoms with E-state index in [0.717, 1.165) is 49.7 Å². The van der Waals surface area contributed by atoms with E-state index < -0.39 is 23.7 Å². The van der Waals surface area contributed by atoms with E-state index >= 15 is 0 Å². The number of unbranched alkanes of at least 4 members (excludes halogenated alkanes) is 2. The van der Waals surface area contributed by atoms with Crippen molar-refractivity contribution in [1.29, 1.82) is 0 Å². The molecule has 35 heavy (non-hydrogen) atoms. The first-order valence-electron chi connectivity index (χ1n) is 12.5. The normalized spacial score (nSPS) is 15.5. The highest BCUT2D eigenvalue weighted by Gasteiger charge is 2.36. The van der Waals surface area contributed by atoms with Gasteiger partial charge >= 0.3 is 5.97 Å². The van der Waals surface area contributed by atoms with E-state index in [1.54, 1.807) is 19.2 Å². The fraction of sp³-hybridized carbons (Fsp3) is 0.483. The summed E-state index contributed by atoms with van der Waals surface area (Å²) in [5, 5.41) is 0. The van der Waals surface area contributed by atoms with Crippen molar-refractivity contribution in [2.24, 2.45) is 0 Å². The number of hydrogen-bond acceptors (Lipinski definition) is 5. The van der Waals surface area contributed by atoms with Crippen LogP contribution in [0.3, 0.4) is 0 Å². The molecule has 0 bridgehead atoms. The van der Waals surface area contributed by atoms with Crippen molar-refractivity contribution in [3.05, 3.63) is 64.2 Å². The summed E-state index contributed by atoms with van der Waals surface area (Å²) < 4.78 is 10.9. The zero-order valence-electron chi connectivity index (χ0n) is 21.4. The van der Waals surface area contributed by atoms with Gasteiger partial charge in [-0.05, 0) is 94.5 Å². The molecule has 2 aromatic carbocycles. The van der Waals surface area contributed by atoms with Crippen LogP contribution in [0.15, 0.2) is 36.4 Å². The van der Waals surface area contributed by atoms with Crippen LogP contribution < -0.4 is 4.74 Å². The Morgan fingerprint density at radius 2 is 1.63 bits per heavy atom. The molecule has 1 fully saturated rings. The molecule has 0 aliphatic carbocycles. The minimum absolute atomic E-state index is 0.317. The van der Waals surface area contributed by atoms with Gasteiger partial charge in [0.05, 0.1) is 13.7 Å². The molecular formula is C29H37NO5. The van der Waals surface area contributed by atoms with E-state index in [0.29, 0.717) is 30.9 Å². The highest BCUT2D eigenvalue weighted by molar-refractivity contribution is 6.43. The number of hydrogen-bond donors (Lipinski definition) is 0. The molecule has 0 saturated carbocycles. The molecule has 2 aromatic rings. The van der Waals surface area contributed by atoms with Gasteiger partial charge in [0.2, 0.25) is 5.78 Å². The topological polar surface area (TPSA) is 72.9 Å². The quantitative estimate of drug-likeness (QED) is 0.204. The zero-order valence-corrected chi connectivity index (χ0v) is 21.4. The number of ketones is 1. The number of carbonyl (C=O) groups excluding carboxylic acids is 3. The van der Waals surface area contributed by atoms with Crippen molar-refractivity contribution < 1.29 is 23.9 Å². The molecular weight excluding hydrogens is 442 g/mol. The van der Waals surface area contributed by atoms with Gasteiger partial charge in [0.1, 0.15) is 11.8 Å². The highest BCUT2D eigenvalue weighted by atomic mass is 16.5. The van der Waals surface area contributed by atoms with Crippen molar-refractivity contribution >= 4 is 17.7 Å². The Bertz CT molecular complexity index is 1020. The lowest BCUT2D eigenvalue weighted by Gasteiger charge is -2.33. The molecule has 0 radical (unpaired) electrons. The Labute approximate surface area is 208 Å². The number of rotatable bonds is 10. The van der Waals surface area contributed by atoms with Crippen LogP contribution in [0.2, 0.25) is 0 Å². The number of benzene rings is 2.